The lowest BCUT2D eigenvalue weighted by atomic mass is 9.93. The fourth-order valence-corrected chi connectivity index (χ4v) is 5.27. The summed E-state index contributed by atoms with van der Waals surface area (Å²) in [7, 11) is 3.51. The summed E-state index contributed by atoms with van der Waals surface area (Å²) in [5.41, 5.74) is 6.00. The van der Waals surface area contributed by atoms with Crippen LogP contribution in [0.2, 0.25) is 0 Å². The van der Waals surface area contributed by atoms with Crippen LogP contribution in [0.25, 0.3) is 39.6 Å². The Kier molecular flexibility index (Phi) is 6.54. The molecule has 4 heterocycles. The topological polar surface area (TPSA) is 95.6 Å². The average Bonchev–Trinajstić information content (AvgIpc) is 3.54. The molecule has 1 N–H and O–H groups in total. The van der Waals surface area contributed by atoms with Crippen molar-refractivity contribution in [3.63, 3.8) is 0 Å². The maximum atomic E-state index is 14.4. The van der Waals surface area contributed by atoms with Crippen molar-refractivity contribution in [2.24, 2.45) is 7.05 Å². The molecule has 0 atom stereocenters. The number of nitrogens with zero attached hydrogens (tertiary/aromatic N) is 7. The van der Waals surface area contributed by atoms with Gasteiger partial charge in [-0.25, -0.2) is 19.0 Å². The number of benzene rings is 1. The summed E-state index contributed by atoms with van der Waals surface area (Å²) < 4.78 is 23.6. The molecule has 9 nitrogen and oxygen atoms in total. The molecule has 0 spiro atoms. The lowest BCUT2D eigenvalue weighted by Crippen LogP contribution is -2.34. The standard InChI is InChI=1S/C31H31FN8O/c1-39-18-34-38-31(39)26-14-22(32)8-10-25(26)20-12-27(19-6-7-19)37-29(13-20)40-17-21(15-35-40)30-28(41-2)11-9-24(36-30)16-33-23-4-3-5-23/h8-15,17-19,23,33H,3-7,16H2,1-2H3. The SMILES string of the molecule is COc1ccc(CNC2CCC2)nc1-c1cnn(-c2cc(-c3ccc(F)cc3-c3nncn3C)cc(C3CC3)n2)c1. The zero-order chi connectivity index (χ0) is 27.9. The van der Waals surface area contributed by atoms with Crippen LogP contribution >= 0.6 is 0 Å². The molecule has 5 aromatic rings. The summed E-state index contributed by atoms with van der Waals surface area (Å²) in [5, 5.41) is 16.5. The number of rotatable bonds is 9. The third kappa shape index (κ3) is 5.11. The molecular weight excluding hydrogens is 519 g/mol. The Labute approximate surface area is 237 Å². The summed E-state index contributed by atoms with van der Waals surface area (Å²) >= 11 is 0. The quantitative estimate of drug-likeness (QED) is 0.260. The highest BCUT2D eigenvalue weighted by atomic mass is 19.1. The van der Waals surface area contributed by atoms with E-state index in [4.69, 9.17) is 14.7 Å². The number of methoxy groups -OCH3 is 1. The van der Waals surface area contributed by atoms with Gasteiger partial charge in [0.2, 0.25) is 0 Å². The Bertz CT molecular complexity index is 1720. The van der Waals surface area contributed by atoms with Crippen molar-refractivity contribution in [2.45, 2.75) is 50.6 Å². The number of ether oxygens (including phenoxy) is 1. The van der Waals surface area contributed by atoms with Crippen molar-refractivity contribution in [1.29, 1.82) is 0 Å². The molecule has 0 radical (unpaired) electrons. The zero-order valence-electron chi connectivity index (χ0n) is 23.1. The van der Waals surface area contributed by atoms with E-state index in [1.807, 2.05) is 31.4 Å². The second-order valence-electron chi connectivity index (χ2n) is 10.9. The summed E-state index contributed by atoms with van der Waals surface area (Å²) in [4.78, 5) is 9.90. The van der Waals surface area contributed by atoms with Crippen molar-refractivity contribution in [1.82, 2.24) is 39.8 Å². The molecular formula is C31H31FN8O. The van der Waals surface area contributed by atoms with Crippen LogP contribution in [0.1, 0.15) is 49.4 Å². The van der Waals surface area contributed by atoms with E-state index in [0.29, 0.717) is 34.9 Å². The Morgan fingerprint density at radius 3 is 2.61 bits per heavy atom. The maximum absolute atomic E-state index is 14.4. The zero-order valence-corrected chi connectivity index (χ0v) is 23.1. The largest absolute Gasteiger partial charge is 0.494 e. The molecule has 2 saturated carbocycles. The first-order valence-electron chi connectivity index (χ1n) is 14.0. The molecule has 10 heteroatoms. The predicted molar refractivity (Wildman–Crippen MR) is 153 cm³/mol. The molecule has 2 aliphatic carbocycles. The monoisotopic (exact) mass is 550 g/mol. The van der Waals surface area contributed by atoms with Gasteiger partial charge in [0.05, 0.1) is 19.0 Å². The molecule has 1 aromatic carbocycles. The fourth-order valence-electron chi connectivity index (χ4n) is 5.27. The molecule has 2 aliphatic rings. The van der Waals surface area contributed by atoms with Crippen molar-refractivity contribution in [2.75, 3.05) is 7.11 Å². The van der Waals surface area contributed by atoms with Gasteiger partial charge in [-0.2, -0.15) is 5.10 Å². The van der Waals surface area contributed by atoms with Crippen LogP contribution in [0.15, 0.2) is 61.2 Å². The molecule has 208 valence electrons. The van der Waals surface area contributed by atoms with Crippen molar-refractivity contribution < 1.29 is 9.13 Å². The molecule has 41 heavy (non-hydrogen) atoms. The Morgan fingerprint density at radius 1 is 1.00 bits per heavy atom. The van der Waals surface area contributed by atoms with Crippen molar-refractivity contribution in [3.8, 4) is 45.3 Å². The van der Waals surface area contributed by atoms with Crippen LogP contribution in [0.3, 0.4) is 0 Å². The summed E-state index contributed by atoms with van der Waals surface area (Å²) in [6, 6.07) is 13.4. The number of pyridine rings is 2. The lowest BCUT2D eigenvalue weighted by Gasteiger charge is -2.26. The number of hydrogen-bond acceptors (Lipinski definition) is 7. The highest BCUT2D eigenvalue weighted by molar-refractivity contribution is 5.81. The Morgan fingerprint density at radius 2 is 1.88 bits per heavy atom. The van der Waals surface area contributed by atoms with Gasteiger partial charge in [-0.1, -0.05) is 12.5 Å². The minimum atomic E-state index is -0.327. The van der Waals surface area contributed by atoms with Crippen molar-refractivity contribution in [3.05, 3.63) is 78.4 Å². The minimum Gasteiger partial charge on any atom is -0.494 e. The molecule has 0 amide bonds. The molecule has 7 rings (SSSR count). The molecule has 2 fully saturated rings. The van der Waals surface area contributed by atoms with E-state index < -0.39 is 0 Å². The summed E-state index contributed by atoms with van der Waals surface area (Å²) in [5.74, 6) is 2.05. The van der Waals surface area contributed by atoms with Crippen LogP contribution in [0.5, 0.6) is 5.75 Å². The molecule has 0 bridgehead atoms. The second kappa shape index (κ2) is 10.5. The first-order valence-corrected chi connectivity index (χ1v) is 14.0. The van der Waals surface area contributed by atoms with Gasteiger partial charge < -0.3 is 14.6 Å². The lowest BCUT2D eigenvalue weighted by molar-refractivity contribution is 0.337. The number of halogens is 1. The predicted octanol–water partition coefficient (Wildman–Crippen LogP) is 5.46. The van der Waals surface area contributed by atoms with Gasteiger partial charge in [-0.3, -0.25) is 0 Å². The molecule has 0 aliphatic heterocycles. The van der Waals surface area contributed by atoms with E-state index in [1.165, 1.54) is 31.4 Å². The Hall–Kier alpha value is -4.44. The van der Waals surface area contributed by atoms with Crippen molar-refractivity contribution >= 4 is 0 Å². The van der Waals surface area contributed by atoms with E-state index in [-0.39, 0.29) is 5.82 Å². The van der Waals surface area contributed by atoms with Crippen LogP contribution in [-0.2, 0) is 13.6 Å². The van der Waals surface area contributed by atoms with Gasteiger partial charge in [-0.15, -0.1) is 10.2 Å². The number of nitrogens with one attached hydrogen (secondary N) is 1. The first kappa shape index (κ1) is 25.5. The van der Waals surface area contributed by atoms with Crippen LogP contribution in [-0.4, -0.2) is 47.7 Å². The third-order valence-corrected chi connectivity index (χ3v) is 7.98. The van der Waals surface area contributed by atoms with Gasteiger partial charge in [0.15, 0.2) is 11.6 Å². The molecule has 0 saturated heterocycles. The smallest absolute Gasteiger partial charge is 0.164 e. The van der Waals surface area contributed by atoms with Gasteiger partial charge in [0.25, 0.3) is 0 Å². The number of aromatic nitrogens is 7. The fraction of sp³-hybridized carbons (Fsp3) is 0.323. The van der Waals surface area contributed by atoms with E-state index in [2.05, 4.69) is 26.7 Å². The van der Waals surface area contributed by atoms with E-state index >= 15 is 0 Å². The van der Waals surface area contributed by atoms with Gasteiger partial charge in [-0.05, 0) is 73.2 Å². The highest BCUT2D eigenvalue weighted by Gasteiger charge is 2.27. The molecule has 0 unspecified atom stereocenters. The summed E-state index contributed by atoms with van der Waals surface area (Å²) in [6.07, 6.45) is 11.3. The maximum Gasteiger partial charge on any atom is 0.164 e. The first-order chi connectivity index (χ1) is 20.1. The van der Waals surface area contributed by atoms with Gasteiger partial charge in [0.1, 0.15) is 23.6 Å². The average molecular weight is 551 g/mol. The molecule has 4 aromatic heterocycles. The number of hydrogen-bond donors (Lipinski definition) is 1. The normalized spacial score (nSPS) is 15.2. The number of aryl methyl sites for hydroxylation is 1. The van der Waals surface area contributed by atoms with Gasteiger partial charge in [0, 0.05) is 48.6 Å². The second-order valence-corrected chi connectivity index (χ2v) is 10.9. The third-order valence-electron chi connectivity index (χ3n) is 7.98. The van der Waals surface area contributed by atoms with Gasteiger partial charge >= 0.3 is 0 Å². The Balaban J connectivity index is 1.27. The van der Waals surface area contributed by atoms with Crippen LogP contribution in [0, 0.1) is 5.82 Å². The minimum absolute atomic E-state index is 0.327. The van der Waals surface area contributed by atoms with Crippen LogP contribution < -0.4 is 10.1 Å². The van der Waals surface area contributed by atoms with E-state index in [9.17, 15) is 4.39 Å². The van der Waals surface area contributed by atoms with E-state index in [0.717, 1.165) is 53.2 Å². The van der Waals surface area contributed by atoms with Crippen LogP contribution in [0.4, 0.5) is 4.39 Å². The summed E-state index contributed by atoms with van der Waals surface area (Å²) in [6.45, 7) is 0.718. The van der Waals surface area contributed by atoms with E-state index in [1.54, 1.807) is 34.9 Å². The highest BCUT2D eigenvalue weighted by Crippen LogP contribution is 2.42.